The number of esters is 1. The van der Waals surface area contributed by atoms with Gasteiger partial charge in [-0.25, -0.2) is 9.78 Å². The second kappa shape index (κ2) is 6.29. The van der Waals surface area contributed by atoms with Gasteiger partial charge in [0.05, 0.1) is 16.8 Å². The van der Waals surface area contributed by atoms with Crippen molar-refractivity contribution in [3.8, 4) is 17.3 Å². The third-order valence-electron chi connectivity index (χ3n) is 3.47. The highest BCUT2D eigenvalue weighted by molar-refractivity contribution is 6.04. The van der Waals surface area contributed by atoms with E-state index in [1.807, 2.05) is 60.7 Å². The number of aromatic nitrogens is 1. The van der Waals surface area contributed by atoms with Crippen molar-refractivity contribution in [2.75, 3.05) is 0 Å². The molecule has 3 rings (SSSR count). The van der Waals surface area contributed by atoms with Gasteiger partial charge in [0.15, 0.2) is 6.10 Å². The van der Waals surface area contributed by atoms with Crippen molar-refractivity contribution >= 4 is 16.9 Å². The fourth-order valence-electron chi connectivity index (χ4n) is 2.35. The fraction of sp³-hybridized carbons (Fsp3) is 0.105. The molecular weight excluding hydrogens is 288 g/mol. The molecule has 4 heteroatoms. The third kappa shape index (κ3) is 3.04. The van der Waals surface area contributed by atoms with E-state index in [4.69, 9.17) is 10.00 Å². The number of benzene rings is 2. The van der Waals surface area contributed by atoms with Gasteiger partial charge in [-0.15, -0.1) is 0 Å². The molecule has 0 amide bonds. The van der Waals surface area contributed by atoms with Crippen LogP contribution in [-0.2, 0) is 4.74 Å². The minimum absolute atomic E-state index is 0.413. The molecule has 0 radical (unpaired) electrons. The monoisotopic (exact) mass is 302 g/mol. The Morgan fingerprint density at radius 1 is 1.13 bits per heavy atom. The standard InChI is InChI=1S/C19H14N2O2/c1-13(12-20)23-19(22)16-11-18(14-7-3-2-4-8-14)21-17-10-6-5-9-15(16)17/h2-11,13H,1H3/t13-/m0/s1. The molecule has 0 saturated carbocycles. The van der Waals surface area contributed by atoms with Crippen molar-refractivity contribution < 1.29 is 9.53 Å². The number of para-hydroxylation sites is 1. The molecule has 0 aliphatic rings. The van der Waals surface area contributed by atoms with Crippen LogP contribution >= 0.6 is 0 Å². The van der Waals surface area contributed by atoms with Gasteiger partial charge in [-0.2, -0.15) is 5.26 Å². The lowest BCUT2D eigenvalue weighted by atomic mass is 10.0. The first kappa shape index (κ1) is 14.7. The number of rotatable bonds is 3. The van der Waals surface area contributed by atoms with E-state index in [9.17, 15) is 4.79 Å². The normalized spacial score (nSPS) is 11.7. The van der Waals surface area contributed by atoms with Crippen LogP contribution in [0.25, 0.3) is 22.2 Å². The summed E-state index contributed by atoms with van der Waals surface area (Å²) in [6.07, 6.45) is -0.797. The van der Waals surface area contributed by atoms with Gasteiger partial charge in [0.1, 0.15) is 6.07 Å². The summed E-state index contributed by atoms with van der Waals surface area (Å²) in [4.78, 5) is 17.0. The maximum atomic E-state index is 12.4. The van der Waals surface area contributed by atoms with Crippen LogP contribution in [0, 0.1) is 11.3 Å². The molecule has 0 unspecified atom stereocenters. The Morgan fingerprint density at radius 2 is 1.83 bits per heavy atom. The van der Waals surface area contributed by atoms with Gasteiger partial charge in [-0.1, -0.05) is 48.5 Å². The topological polar surface area (TPSA) is 63.0 Å². The molecule has 0 N–H and O–H groups in total. The number of hydrogen-bond acceptors (Lipinski definition) is 4. The number of carbonyl (C=O) groups is 1. The minimum atomic E-state index is -0.797. The summed E-state index contributed by atoms with van der Waals surface area (Å²) in [7, 11) is 0. The second-order valence-electron chi connectivity index (χ2n) is 5.11. The zero-order chi connectivity index (χ0) is 16.2. The van der Waals surface area contributed by atoms with Crippen molar-refractivity contribution in [3.05, 3.63) is 66.2 Å². The molecule has 2 aromatic carbocycles. The molecule has 1 atom stereocenters. The highest BCUT2D eigenvalue weighted by Crippen LogP contribution is 2.25. The molecule has 0 saturated heterocycles. The Bertz CT molecular complexity index is 898. The zero-order valence-electron chi connectivity index (χ0n) is 12.6. The first-order valence-corrected chi connectivity index (χ1v) is 7.25. The van der Waals surface area contributed by atoms with E-state index in [-0.39, 0.29) is 0 Å². The van der Waals surface area contributed by atoms with Crippen molar-refractivity contribution in [1.82, 2.24) is 4.98 Å². The molecule has 23 heavy (non-hydrogen) atoms. The van der Waals surface area contributed by atoms with Gasteiger partial charge in [0.25, 0.3) is 0 Å². The maximum Gasteiger partial charge on any atom is 0.340 e. The van der Waals surface area contributed by atoms with Gasteiger partial charge in [-0.05, 0) is 19.1 Å². The van der Waals surface area contributed by atoms with Gasteiger partial charge < -0.3 is 4.74 Å². The third-order valence-corrected chi connectivity index (χ3v) is 3.47. The molecule has 0 fully saturated rings. The Balaban J connectivity index is 2.15. The van der Waals surface area contributed by atoms with E-state index in [0.717, 1.165) is 5.56 Å². The number of nitriles is 1. The highest BCUT2D eigenvalue weighted by atomic mass is 16.5. The molecule has 4 nitrogen and oxygen atoms in total. The molecule has 1 aromatic heterocycles. The molecule has 0 aliphatic heterocycles. The SMILES string of the molecule is C[C@@H](C#N)OC(=O)c1cc(-c2ccccc2)nc2ccccc12. The molecule has 112 valence electrons. The predicted octanol–water partition coefficient (Wildman–Crippen LogP) is 3.97. The van der Waals surface area contributed by atoms with E-state index in [2.05, 4.69) is 4.98 Å². The van der Waals surface area contributed by atoms with Gasteiger partial charge >= 0.3 is 5.97 Å². The average Bonchev–Trinajstić information content (AvgIpc) is 2.61. The summed E-state index contributed by atoms with van der Waals surface area (Å²) in [5, 5.41) is 9.55. The molecule has 3 aromatic rings. The number of carbonyl (C=O) groups excluding carboxylic acids is 1. The van der Waals surface area contributed by atoms with E-state index in [1.165, 1.54) is 0 Å². The molecular formula is C19H14N2O2. The number of ether oxygens (including phenoxy) is 1. The second-order valence-corrected chi connectivity index (χ2v) is 5.11. The summed E-state index contributed by atoms with van der Waals surface area (Å²) >= 11 is 0. The number of nitrogens with zero attached hydrogens (tertiary/aromatic N) is 2. The van der Waals surface area contributed by atoms with E-state index >= 15 is 0 Å². The van der Waals surface area contributed by atoms with Gasteiger partial charge in [-0.3, -0.25) is 0 Å². The fourth-order valence-corrected chi connectivity index (χ4v) is 2.35. The summed E-state index contributed by atoms with van der Waals surface area (Å²) in [5.41, 5.74) is 2.74. The van der Waals surface area contributed by atoms with Gasteiger partial charge in [0, 0.05) is 10.9 Å². The number of pyridine rings is 1. The summed E-state index contributed by atoms with van der Waals surface area (Å²) in [6, 6.07) is 20.6. The van der Waals surface area contributed by atoms with Crippen molar-refractivity contribution in [1.29, 1.82) is 5.26 Å². The molecule has 0 bridgehead atoms. The summed E-state index contributed by atoms with van der Waals surface area (Å²) < 4.78 is 5.16. The highest BCUT2D eigenvalue weighted by Gasteiger charge is 2.17. The first-order valence-electron chi connectivity index (χ1n) is 7.25. The lowest BCUT2D eigenvalue weighted by Crippen LogP contribution is -2.14. The van der Waals surface area contributed by atoms with Crippen molar-refractivity contribution in [2.45, 2.75) is 13.0 Å². The zero-order valence-corrected chi connectivity index (χ0v) is 12.6. The molecule has 0 aliphatic carbocycles. The Labute approximate surface area is 134 Å². The van der Waals surface area contributed by atoms with Crippen LogP contribution in [0.1, 0.15) is 17.3 Å². The first-order chi connectivity index (χ1) is 11.2. The number of fused-ring (bicyclic) bond motifs is 1. The predicted molar refractivity (Wildman–Crippen MR) is 87.7 cm³/mol. The minimum Gasteiger partial charge on any atom is -0.444 e. The van der Waals surface area contributed by atoms with E-state index in [0.29, 0.717) is 22.2 Å². The van der Waals surface area contributed by atoms with Crippen LogP contribution in [0.5, 0.6) is 0 Å². The van der Waals surface area contributed by atoms with Crippen molar-refractivity contribution in [2.24, 2.45) is 0 Å². The lowest BCUT2D eigenvalue weighted by Gasteiger charge is -2.11. The number of hydrogen-bond donors (Lipinski definition) is 0. The summed E-state index contributed by atoms with van der Waals surface area (Å²) in [5.74, 6) is -0.519. The van der Waals surface area contributed by atoms with Gasteiger partial charge in [0.2, 0.25) is 0 Å². The van der Waals surface area contributed by atoms with Crippen LogP contribution in [0.4, 0.5) is 0 Å². The Morgan fingerprint density at radius 3 is 2.57 bits per heavy atom. The molecule has 0 spiro atoms. The van der Waals surface area contributed by atoms with Crippen LogP contribution in [0.15, 0.2) is 60.7 Å². The lowest BCUT2D eigenvalue weighted by molar-refractivity contribution is 0.0438. The van der Waals surface area contributed by atoms with Crippen LogP contribution in [-0.4, -0.2) is 17.1 Å². The van der Waals surface area contributed by atoms with Crippen molar-refractivity contribution in [3.63, 3.8) is 0 Å². The maximum absolute atomic E-state index is 12.4. The van der Waals surface area contributed by atoms with E-state index in [1.54, 1.807) is 13.0 Å². The van der Waals surface area contributed by atoms with Crippen LogP contribution in [0.2, 0.25) is 0 Å². The van der Waals surface area contributed by atoms with Crippen LogP contribution < -0.4 is 0 Å². The summed E-state index contributed by atoms with van der Waals surface area (Å²) in [6.45, 7) is 1.54. The van der Waals surface area contributed by atoms with Crippen LogP contribution in [0.3, 0.4) is 0 Å². The largest absolute Gasteiger partial charge is 0.444 e. The smallest absolute Gasteiger partial charge is 0.340 e. The Kier molecular flexibility index (Phi) is 4.03. The Hall–Kier alpha value is -3.19. The molecule has 1 heterocycles. The van der Waals surface area contributed by atoms with E-state index < -0.39 is 12.1 Å². The average molecular weight is 302 g/mol. The quantitative estimate of drug-likeness (QED) is 0.687.